The molecule has 0 unspecified atom stereocenters. The largest absolute Gasteiger partial charge is 0.315 e. The molecule has 3 heterocycles. The van der Waals surface area contributed by atoms with Gasteiger partial charge in [0, 0.05) is 35.7 Å². The Bertz CT molecular complexity index is 648. The Kier molecular flexibility index (Phi) is 4.57. The number of imidazole rings is 1. The van der Waals surface area contributed by atoms with Crippen molar-refractivity contribution in [3.63, 3.8) is 0 Å². The maximum Gasteiger partial charge on any atom is 0.137 e. The molecule has 22 heavy (non-hydrogen) atoms. The molecule has 2 aromatic heterocycles. The number of pyridine rings is 1. The molecule has 120 valence electrons. The van der Waals surface area contributed by atoms with E-state index in [1.165, 1.54) is 17.8 Å². The first-order valence-electron chi connectivity index (χ1n) is 8.05. The number of fused-ring (bicyclic) bond motifs is 1. The van der Waals surface area contributed by atoms with Gasteiger partial charge in [-0.25, -0.2) is 4.98 Å². The maximum absolute atomic E-state index is 4.91. The van der Waals surface area contributed by atoms with Crippen molar-refractivity contribution in [3.8, 4) is 0 Å². The van der Waals surface area contributed by atoms with Crippen molar-refractivity contribution in [2.45, 2.75) is 39.2 Å². The first-order valence-corrected chi connectivity index (χ1v) is 8.84. The summed E-state index contributed by atoms with van der Waals surface area (Å²) in [6.07, 6.45) is 3.36. The van der Waals surface area contributed by atoms with Gasteiger partial charge in [-0.15, -0.1) is 0 Å². The summed E-state index contributed by atoms with van der Waals surface area (Å²) in [5.41, 5.74) is 3.63. The van der Waals surface area contributed by atoms with E-state index in [4.69, 9.17) is 4.98 Å². The minimum atomic E-state index is 0.0535. The number of rotatable bonds is 2. The molecule has 0 radical (unpaired) electrons. The van der Waals surface area contributed by atoms with E-state index in [1.807, 2.05) is 0 Å². The third kappa shape index (κ3) is 3.36. The molecule has 2 aromatic rings. The van der Waals surface area contributed by atoms with Crippen molar-refractivity contribution in [1.82, 2.24) is 19.6 Å². The molecular formula is C17H25BrN4. The van der Waals surface area contributed by atoms with E-state index < -0.39 is 0 Å². The molecule has 0 aliphatic carbocycles. The second-order valence-corrected chi connectivity index (χ2v) is 8.03. The van der Waals surface area contributed by atoms with E-state index in [0.717, 1.165) is 42.8 Å². The molecule has 0 amide bonds. The summed E-state index contributed by atoms with van der Waals surface area (Å²) in [6, 6.07) is 4.15. The molecular weight excluding hydrogens is 340 g/mol. The lowest BCUT2D eigenvalue weighted by Gasteiger charge is -2.23. The van der Waals surface area contributed by atoms with E-state index in [2.05, 4.69) is 69.6 Å². The number of nitrogens with zero attached hydrogens (tertiary/aromatic N) is 3. The van der Waals surface area contributed by atoms with Crippen LogP contribution < -0.4 is 5.32 Å². The Morgan fingerprint density at radius 2 is 2.05 bits per heavy atom. The van der Waals surface area contributed by atoms with Crippen LogP contribution in [0.25, 0.3) is 5.65 Å². The Hall–Kier alpha value is -0.910. The summed E-state index contributed by atoms with van der Waals surface area (Å²) >= 11 is 3.59. The van der Waals surface area contributed by atoms with Gasteiger partial charge in [0.15, 0.2) is 0 Å². The fourth-order valence-electron chi connectivity index (χ4n) is 3.09. The average molecular weight is 365 g/mol. The van der Waals surface area contributed by atoms with Gasteiger partial charge in [-0.2, -0.15) is 0 Å². The molecule has 1 N–H and O–H groups in total. The van der Waals surface area contributed by atoms with Crippen LogP contribution >= 0.6 is 15.9 Å². The maximum atomic E-state index is 4.91. The van der Waals surface area contributed by atoms with Crippen molar-refractivity contribution < 1.29 is 0 Å². The first kappa shape index (κ1) is 16.0. The Morgan fingerprint density at radius 1 is 1.23 bits per heavy atom. The van der Waals surface area contributed by atoms with Crippen molar-refractivity contribution in [2.24, 2.45) is 0 Å². The third-order valence-corrected chi connectivity index (χ3v) is 4.67. The number of hydrogen-bond donors (Lipinski definition) is 1. The minimum absolute atomic E-state index is 0.0535. The van der Waals surface area contributed by atoms with Gasteiger partial charge >= 0.3 is 0 Å². The summed E-state index contributed by atoms with van der Waals surface area (Å²) in [5, 5.41) is 3.48. The highest BCUT2D eigenvalue weighted by molar-refractivity contribution is 9.10. The van der Waals surface area contributed by atoms with Crippen LogP contribution in [0.1, 0.15) is 38.6 Å². The molecule has 3 rings (SSSR count). The normalized spacial score (nSPS) is 17.8. The van der Waals surface area contributed by atoms with Gasteiger partial charge in [0.25, 0.3) is 0 Å². The van der Waals surface area contributed by atoms with Gasteiger partial charge in [-0.05, 0) is 47.6 Å². The quantitative estimate of drug-likeness (QED) is 0.887. The van der Waals surface area contributed by atoms with Crippen LogP contribution in [0.2, 0.25) is 0 Å². The topological polar surface area (TPSA) is 32.6 Å². The molecule has 1 saturated heterocycles. The van der Waals surface area contributed by atoms with E-state index in [9.17, 15) is 0 Å². The summed E-state index contributed by atoms with van der Waals surface area (Å²) in [5.74, 6) is 0. The van der Waals surface area contributed by atoms with Gasteiger partial charge in [-0.3, -0.25) is 4.90 Å². The van der Waals surface area contributed by atoms with E-state index in [0.29, 0.717) is 0 Å². The fourth-order valence-corrected chi connectivity index (χ4v) is 3.43. The highest BCUT2D eigenvalue weighted by Crippen LogP contribution is 2.28. The predicted molar refractivity (Wildman–Crippen MR) is 94.4 cm³/mol. The predicted octanol–water partition coefficient (Wildman–Crippen LogP) is 3.19. The molecule has 1 fully saturated rings. The SMILES string of the molecule is CC(C)(C)c1nc2ccc(Br)cn2c1CN1CCCNCC1. The molecule has 0 saturated carbocycles. The zero-order chi connectivity index (χ0) is 15.7. The zero-order valence-corrected chi connectivity index (χ0v) is 15.3. The van der Waals surface area contributed by atoms with E-state index in [1.54, 1.807) is 0 Å². The monoisotopic (exact) mass is 364 g/mol. The summed E-state index contributed by atoms with van der Waals surface area (Å²) in [6.45, 7) is 12.2. The number of aromatic nitrogens is 2. The lowest BCUT2D eigenvalue weighted by Crippen LogP contribution is -2.29. The van der Waals surface area contributed by atoms with Gasteiger partial charge in [0.1, 0.15) is 5.65 Å². The van der Waals surface area contributed by atoms with Crippen LogP contribution in [-0.2, 0) is 12.0 Å². The molecule has 0 spiro atoms. The van der Waals surface area contributed by atoms with Gasteiger partial charge < -0.3 is 9.72 Å². The number of halogens is 1. The highest BCUT2D eigenvalue weighted by Gasteiger charge is 2.25. The molecule has 1 aliphatic rings. The van der Waals surface area contributed by atoms with E-state index >= 15 is 0 Å². The van der Waals surface area contributed by atoms with Crippen molar-refractivity contribution in [1.29, 1.82) is 0 Å². The third-order valence-electron chi connectivity index (χ3n) is 4.20. The van der Waals surface area contributed by atoms with Gasteiger partial charge in [0.05, 0.1) is 11.4 Å². The Labute approximate surface area is 141 Å². The van der Waals surface area contributed by atoms with Crippen LogP contribution in [0.5, 0.6) is 0 Å². The smallest absolute Gasteiger partial charge is 0.137 e. The number of nitrogens with one attached hydrogen (secondary N) is 1. The second-order valence-electron chi connectivity index (χ2n) is 7.11. The summed E-state index contributed by atoms with van der Waals surface area (Å²) in [7, 11) is 0. The van der Waals surface area contributed by atoms with Crippen LogP contribution in [0.15, 0.2) is 22.8 Å². The second kappa shape index (κ2) is 6.30. The Balaban J connectivity index is 2.02. The molecule has 0 aromatic carbocycles. The summed E-state index contributed by atoms with van der Waals surface area (Å²) < 4.78 is 3.35. The van der Waals surface area contributed by atoms with Crippen molar-refractivity contribution in [2.75, 3.05) is 26.2 Å². The molecule has 4 nitrogen and oxygen atoms in total. The zero-order valence-electron chi connectivity index (χ0n) is 13.7. The standard InChI is InChI=1S/C17H25BrN4/c1-17(2,3)16-14(12-21-9-4-7-19-8-10-21)22-11-13(18)5-6-15(22)20-16/h5-6,11,19H,4,7-10,12H2,1-3H3. The van der Waals surface area contributed by atoms with Crippen LogP contribution in [0, 0.1) is 0 Å². The average Bonchev–Trinajstić information content (AvgIpc) is 2.63. The van der Waals surface area contributed by atoms with Crippen LogP contribution in [0.4, 0.5) is 0 Å². The first-order chi connectivity index (χ1) is 10.4. The molecule has 5 heteroatoms. The fraction of sp³-hybridized carbons (Fsp3) is 0.588. The number of hydrogen-bond acceptors (Lipinski definition) is 3. The van der Waals surface area contributed by atoms with Crippen LogP contribution in [-0.4, -0.2) is 40.5 Å². The molecule has 0 atom stereocenters. The van der Waals surface area contributed by atoms with Crippen molar-refractivity contribution >= 4 is 21.6 Å². The Morgan fingerprint density at radius 3 is 2.82 bits per heavy atom. The summed E-state index contributed by atoms with van der Waals surface area (Å²) in [4.78, 5) is 7.46. The minimum Gasteiger partial charge on any atom is -0.315 e. The van der Waals surface area contributed by atoms with Gasteiger partial charge in [-0.1, -0.05) is 20.8 Å². The molecule has 0 bridgehead atoms. The highest BCUT2D eigenvalue weighted by atomic mass is 79.9. The molecule has 1 aliphatic heterocycles. The van der Waals surface area contributed by atoms with Crippen LogP contribution in [0.3, 0.4) is 0 Å². The van der Waals surface area contributed by atoms with E-state index in [-0.39, 0.29) is 5.41 Å². The lowest BCUT2D eigenvalue weighted by atomic mass is 9.90. The van der Waals surface area contributed by atoms with Gasteiger partial charge in [0.2, 0.25) is 0 Å². The van der Waals surface area contributed by atoms with Crippen molar-refractivity contribution in [3.05, 3.63) is 34.2 Å². The lowest BCUT2D eigenvalue weighted by molar-refractivity contribution is 0.277.